The third kappa shape index (κ3) is 10.7. The lowest BCUT2D eigenvalue weighted by atomic mass is 10.0. The molecule has 2 aromatic carbocycles. The molecule has 4 rings (SSSR count). The van der Waals surface area contributed by atoms with E-state index in [2.05, 4.69) is 12.2 Å². The van der Waals surface area contributed by atoms with Gasteiger partial charge >= 0.3 is 6.09 Å². The van der Waals surface area contributed by atoms with Crippen LogP contribution in [0, 0.1) is 11.8 Å². The monoisotopic (exact) mass is 635 g/mol. The smallest absolute Gasteiger partial charge is 0.407 e. The number of alkyl carbamates (subject to hydrolysis) is 1. The lowest BCUT2D eigenvalue weighted by Crippen LogP contribution is -2.51. The Labute approximate surface area is 261 Å². The first-order chi connectivity index (χ1) is 21.0. The van der Waals surface area contributed by atoms with Crippen LogP contribution in [0.4, 0.5) is 10.5 Å². The molecule has 0 radical (unpaired) electrons. The van der Waals surface area contributed by atoms with Gasteiger partial charge in [-0.3, -0.25) is 0 Å². The number of aliphatic hydroxyl groups excluding tert-OH is 2. The van der Waals surface area contributed by atoms with Gasteiger partial charge in [0.25, 0.3) is 0 Å². The van der Waals surface area contributed by atoms with Crippen LogP contribution < -0.4 is 11.1 Å². The van der Waals surface area contributed by atoms with Crippen molar-refractivity contribution in [3.63, 3.8) is 0 Å². The molecule has 5 N–H and O–H groups in total. The average Bonchev–Trinajstić information content (AvgIpc) is 3.61. The number of carbonyl (C=O) groups is 1. The molecule has 2 saturated heterocycles. The van der Waals surface area contributed by atoms with E-state index in [4.69, 9.17) is 25.1 Å². The van der Waals surface area contributed by atoms with Crippen molar-refractivity contribution < 1.29 is 37.6 Å². The van der Waals surface area contributed by atoms with E-state index in [0.717, 1.165) is 24.8 Å². The Morgan fingerprint density at radius 1 is 1.09 bits per heavy atom. The van der Waals surface area contributed by atoms with E-state index >= 15 is 0 Å². The number of hydrogen-bond donors (Lipinski definition) is 4. The standard InChI is InChI=1S/C27H37N3O7S.C5H12O/c1-18(2)15-30(38(33,34)21-10-8-20(28)9-11-21)16-24(31)23(14-19-6-4-3-5-7-19)29-27(32)37-25-17-36-26-22(25)12-13-35-26;1-2-3-4-5-6/h3-11,18,22-26,31H,12-17,28H2,1-2H3,(H,29,32);6H,2-5H2,1H3/t22-,23-,24+,25-,26+;/m0./s1. The minimum atomic E-state index is -3.93. The average molecular weight is 636 g/mol. The molecular weight excluding hydrogens is 586 g/mol. The molecule has 0 saturated carbocycles. The molecular formula is C32H49N3O8S. The van der Waals surface area contributed by atoms with Gasteiger partial charge < -0.3 is 35.5 Å². The van der Waals surface area contributed by atoms with Crippen LogP contribution in [0.3, 0.4) is 0 Å². The highest BCUT2D eigenvalue weighted by atomic mass is 32.2. The van der Waals surface area contributed by atoms with Crippen LogP contribution in [0.5, 0.6) is 0 Å². The molecule has 11 nitrogen and oxygen atoms in total. The van der Waals surface area contributed by atoms with Crippen molar-refractivity contribution in [2.24, 2.45) is 11.8 Å². The summed E-state index contributed by atoms with van der Waals surface area (Å²) in [4.78, 5) is 13.0. The second kappa shape index (κ2) is 17.7. The SMILES string of the molecule is CC(C)CN(C[C@@H](O)[C@H](Cc1ccccc1)NC(=O)O[C@H]1CO[C@H]2OCC[C@H]21)S(=O)(=O)c1ccc(N)cc1.CCCCCO. The number of carbonyl (C=O) groups excluding carboxylic acids is 1. The fourth-order valence-corrected chi connectivity index (χ4v) is 6.81. The van der Waals surface area contributed by atoms with Crippen LogP contribution in [0.25, 0.3) is 0 Å². The van der Waals surface area contributed by atoms with Crippen LogP contribution in [0.1, 0.15) is 52.0 Å². The van der Waals surface area contributed by atoms with Crippen molar-refractivity contribution in [2.45, 2.75) is 82.3 Å². The van der Waals surface area contributed by atoms with Crippen molar-refractivity contribution in [1.29, 1.82) is 0 Å². The first kappa shape index (κ1) is 35.7. The minimum absolute atomic E-state index is 0.000183. The third-order valence-electron chi connectivity index (χ3n) is 7.55. The highest BCUT2D eigenvalue weighted by Gasteiger charge is 2.44. The Morgan fingerprint density at radius 3 is 2.41 bits per heavy atom. The highest BCUT2D eigenvalue weighted by molar-refractivity contribution is 7.89. The van der Waals surface area contributed by atoms with Crippen LogP contribution in [0.2, 0.25) is 0 Å². The predicted octanol–water partition coefficient (Wildman–Crippen LogP) is 3.54. The van der Waals surface area contributed by atoms with E-state index in [0.29, 0.717) is 18.9 Å². The molecule has 0 aromatic heterocycles. The number of aliphatic hydroxyl groups is 2. The summed E-state index contributed by atoms with van der Waals surface area (Å²) in [6.45, 7) is 7.06. The second-order valence-corrected chi connectivity index (χ2v) is 13.6. The molecule has 2 aromatic rings. The van der Waals surface area contributed by atoms with Gasteiger partial charge in [0.15, 0.2) is 6.29 Å². The van der Waals surface area contributed by atoms with Crippen LogP contribution in [0.15, 0.2) is 59.5 Å². The Bertz CT molecular complexity index is 1230. The topological polar surface area (TPSA) is 161 Å². The quantitative estimate of drug-likeness (QED) is 0.180. The van der Waals surface area contributed by atoms with Gasteiger partial charge in [0.05, 0.1) is 36.2 Å². The maximum atomic E-state index is 13.5. The fourth-order valence-electron chi connectivity index (χ4n) is 5.19. The summed E-state index contributed by atoms with van der Waals surface area (Å²) in [6, 6.07) is 14.5. The van der Waals surface area contributed by atoms with E-state index in [-0.39, 0.29) is 49.1 Å². The van der Waals surface area contributed by atoms with E-state index in [9.17, 15) is 18.3 Å². The van der Waals surface area contributed by atoms with E-state index in [1.165, 1.54) is 35.0 Å². The number of sulfonamides is 1. The zero-order chi connectivity index (χ0) is 32.1. The molecule has 0 aliphatic carbocycles. The number of rotatable bonds is 14. The van der Waals surface area contributed by atoms with Crippen molar-refractivity contribution in [3.8, 4) is 0 Å². The lowest BCUT2D eigenvalue weighted by molar-refractivity contribution is -0.0907. The number of hydrogen-bond acceptors (Lipinski definition) is 9. The van der Waals surface area contributed by atoms with Gasteiger partial charge in [-0.2, -0.15) is 4.31 Å². The molecule has 2 fully saturated rings. The molecule has 12 heteroatoms. The highest BCUT2D eigenvalue weighted by Crippen LogP contribution is 2.33. The number of anilines is 1. The molecule has 0 spiro atoms. The van der Waals surface area contributed by atoms with Gasteiger partial charge in [-0.1, -0.05) is 63.9 Å². The van der Waals surface area contributed by atoms with Crippen LogP contribution in [-0.2, 0) is 30.7 Å². The molecule has 246 valence electrons. The third-order valence-corrected chi connectivity index (χ3v) is 9.39. The summed E-state index contributed by atoms with van der Waals surface area (Å²) in [5.74, 6) is -0.0231. The molecule has 0 bridgehead atoms. The van der Waals surface area contributed by atoms with Gasteiger partial charge in [0.2, 0.25) is 10.0 Å². The van der Waals surface area contributed by atoms with Gasteiger partial charge in [0.1, 0.15) is 6.10 Å². The van der Waals surface area contributed by atoms with Gasteiger partial charge in [-0.25, -0.2) is 13.2 Å². The first-order valence-corrected chi connectivity index (χ1v) is 16.9. The summed E-state index contributed by atoms with van der Waals surface area (Å²) in [7, 11) is -3.93. The second-order valence-electron chi connectivity index (χ2n) is 11.7. The number of benzene rings is 2. The van der Waals surface area contributed by atoms with Crippen molar-refractivity contribution in [2.75, 3.05) is 38.6 Å². The first-order valence-electron chi connectivity index (χ1n) is 15.4. The Balaban J connectivity index is 0.000000801. The van der Waals surface area contributed by atoms with Crippen LogP contribution >= 0.6 is 0 Å². The Morgan fingerprint density at radius 2 is 1.80 bits per heavy atom. The van der Waals surface area contributed by atoms with Gasteiger partial charge in [-0.05, 0) is 55.0 Å². The number of nitrogens with zero attached hydrogens (tertiary/aromatic N) is 1. The van der Waals surface area contributed by atoms with Crippen LogP contribution in [-0.4, -0.2) is 86.5 Å². The number of fused-ring (bicyclic) bond motifs is 1. The molecule has 44 heavy (non-hydrogen) atoms. The summed E-state index contributed by atoms with van der Waals surface area (Å²) in [5, 5.41) is 22.3. The molecule has 5 atom stereocenters. The summed E-state index contributed by atoms with van der Waals surface area (Å²) < 4.78 is 44.9. The van der Waals surface area contributed by atoms with Gasteiger partial charge in [0, 0.05) is 25.4 Å². The summed E-state index contributed by atoms with van der Waals surface area (Å²) >= 11 is 0. The van der Waals surface area contributed by atoms with Crippen molar-refractivity contribution in [3.05, 3.63) is 60.2 Å². The molecule has 1 amide bonds. The number of nitrogens with one attached hydrogen (secondary N) is 1. The molecule has 2 heterocycles. The van der Waals surface area contributed by atoms with E-state index in [1.807, 2.05) is 44.2 Å². The Kier molecular flexibility index (Phi) is 14.4. The number of nitrogens with two attached hydrogens (primary N) is 1. The summed E-state index contributed by atoms with van der Waals surface area (Å²) in [5.41, 5.74) is 7.07. The molecule has 0 unspecified atom stereocenters. The lowest BCUT2D eigenvalue weighted by Gasteiger charge is -2.31. The largest absolute Gasteiger partial charge is 0.443 e. The predicted molar refractivity (Wildman–Crippen MR) is 168 cm³/mol. The summed E-state index contributed by atoms with van der Waals surface area (Å²) in [6.07, 6.45) is 1.64. The Hall–Kier alpha value is -2.74. The normalized spacial score (nSPS) is 20.9. The van der Waals surface area contributed by atoms with E-state index < -0.39 is 34.4 Å². The van der Waals surface area contributed by atoms with E-state index in [1.54, 1.807) is 0 Å². The minimum Gasteiger partial charge on any atom is -0.443 e. The number of nitrogen functional groups attached to an aromatic ring is 1. The zero-order valence-corrected chi connectivity index (χ0v) is 26.8. The maximum absolute atomic E-state index is 13.5. The maximum Gasteiger partial charge on any atom is 0.407 e. The number of amides is 1. The zero-order valence-electron chi connectivity index (χ0n) is 26.0. The molecule has 2 aliphatic rings. The van der Waals surface area contributed by atoms with Crippen molar-refractivity contribution >= 4 is 21.8 Å². The van der Waals surface area contributed by atoms with Crippen molar-refractivity contribution in [1.82, 2.24) is 9.62 Å². The number of unbranched alkanes of at least 4 members (excludes halogenated alkanes) is 2. The fraction of sp³-hybridized carbons (Fsp3) is 0.594. The molecule has 2 aliphatic heterocycles. The number of ether oxygens (including phenoxy) is 3. The van der Waals surface area contributed by atoms with Gasteiger partial charge in [-0.15, -0.1) is 0 Å².